The number of carbonyl (C=O) groups is 1. The highest BCUT2D eigenvalue weighted by Gasteiger charge is 2.28. The Kier molecular flexibility index (Phi) is 6.29. The Morgan fingerprint density at radius 1 is 1.10 bits per heavy atom. The molecule has 3 aromatic rings. The zero-order valence-corrected chi connectivity index (χ0v) is 17.0. The highest BCUT2D eigenvalue weighted by Crippen LogP contribution is 2.24. The molecule has 1 amide bonds. The summed E-state index contributed by atoms with van der Waals surface area (Å²) in [6.45, 7) is 3.44. The maximum Gasteiger partial charge on any atom is 0.241 e. The second-order valence-corrected chi connectivity index (χ2v) is 7.42. The summed E-state index contributed by atoms with van der Waals surface area (Å²) in [5.74, 6) is 2.14. The van der Waals surface area contributed by atoms with Crippen molar-refractivity contribution < 1.29 is 9.53 Å². The molecule has 1 unspecified atom stereocenters. The summed E-state index contributed by atoms with van der Waals surface area (Å²) in [5.41, 5.74) is 1.78. The average molecular weight is 403 g/mol. The van der Waals surface area contributed by atoms with E-state index in [1.807, 2.05) is 55.7 Å². The monoisotopic (exact) mass is 403 g/mol. The van der Waals surface area contributed by atoms with E-state index in [1.165, 1.54) is 0 Å². The Morgan fingerprint density at radius 3 is 2.63 bits per heavy atom. The number of carbonyl (C=O) groups excluding carboxylic acids is 1. The van der Waals surface area contributed by atoms with E-state index < -0.39 is 0 Å². The van der Waals surface area contributed by atoms with Crippen LogP contribution in [0, 0.1) is 6.92 Å². The highest BCUT2D eigenvalue weighted by molar-refractivity contribution is 5.94. The van der Waals surface area contributed by atoms with E-state index in [1.54, 1.807) is 12.4 Å². The summed E-state index contributed by atoms with van der Waals surface area (Å²) in [6.07, 6.45) is 10.0. The molecule has 4 rings (SSSR count). The fourth-order valence-electron chi connectivity index (χ4n) is 3.59. The fourth-order valence-corrected chi connectivity index (χ4v) is 3.59. The second kappa shape index (κ2) is 9.45. The minimum Gasteiger partial charge on any atom is -0.456 e. The zero-order valence-electron chi connectivity index (χ0n) is 17.0. The van der Waals surface area contributed by atoms with Crippen LogP contribution in [-0.4, -0.2) is 38.3 Å². The maximum absolute atomic E-state index is 13.0. The van der Waals surface area contributed by atoms with Crippen LogP contribution in [-0.2, 0) is 11.3 Å². The van der Waals surface area contributed by atoms with E-state index in [-0.39, 0.29) is 11.9 Å². The van der Waals surface area contributed by atoms with Crippen molar-refractivity contribution in [2.24, 2.45) is 0 Å². The standard InChI is InChI=1S/C23H25N5O2/c1-17-25-13-18(14-26-17)16-28-12-3-2-6-22(28)23(29)27-19-7-9-20(10-8-19)30-21-5-4-11-24-15-21/h4-5,7-11,13-15,22H,2-3,6,12,16H2,1H3,(H,27,29). The molecule has 1 fully saturated rings. The van der Waals surface area contributed by atoms with E-state index in [0.717, 1.165) is 42.9 Å². The van der Waals surface area contributed by atoms with Crippen LogP contribution in [0.4, 0.5) is 5.69 Å². The van der Waals surface area contributed by atoms with E-state index in [9.17, 15) is 4.79 Å². The molecule has 1 aliphatic rings. The lowest BCUT2D eigenvalue weighted by molar-refractivity contribution is -0.122. The van der Waals surface area contributed by atoms with Crippen molar-refractivity contribution >= 4 is 11.6 Å². The number of ether oxygens (including phenoxy) is 1. The van der Waals surface area contributed by atoms with E-state index in [4.69, 9.17) is 4.74 Å². The first-order chi connectivity index (χ1) is 14.7. The predicted octanol–water partition coefficient (Wildman–Crippen LogP) is 3.97. The molecule has 3 heterocycles. The van der Waals surface area contributed by atoms with Crippen molar-refractivity contribution in [1.29, 1.82) is 0 Å². The van der Waals surface area contributed by atoms with Gasteiger partial charge in [-0.25, -0.2) is 9.97 Å². The molecule has 1 atom stereocenters. The summed E-state index contributed by atoms with van der Waals surface area (Å²) >= 11 is 0. The van der Waals surface area contributed by atoms with Gasteiger partial charge in [0.15, 0.2) is 0 Å². The average Bonchev–Trinajstić information content (AvgIpc) is 2.78. The quantitative estimate of drug-likeness (QED) is 0.671. The van der Waals surface area contributed by atoms with Gasteiger partial charge in [-0.1, -0.05) is 6.42 Å². The summed E-state index contributed by atoms with van der Waals surface area (Å²) in [6, 6.07) is 10.9. The van der Waals surface area contributed by atoms with Gasteiger partial charge in [0.1, 0.15) is 17.3 Å². The molecule has 0 bridgehead atoms. The van der Waals surface area contributed by atoms with Crippen molar-refractivity contribution in [3.63, 3.8) is 0 Å². The molecule has 1 aromatic carbocycles. The normalized spacial score (nSPS) is 16.8. The second-order valence-electron chi connectivity index (χ2n) is 7.42. The number of anilines is 1. The van der Waals surface area contributed by atoms with Gasteiger partial charge in [0.05, 0.1) is 12.2 Å². The molecule has 0 aliphatic carbocycles. The largest absolute Gasteiger partial charge is 0.456 e. The molecule has 30 heavy (non-hydrogen) atoms. The number of pyridine rings is 1. The first-order valence-electron chi connectivity index (χ1n) is 10.2. The molecule has 1 aliphatic heterocycles. The minimum absolute atomic E-state index is 0.0173. The van der Waals surface area contributed by atoms with Gasteiger partial charge in [-0.3, -0.25) is 14.7 Å². The third-order valence-corrected chi connectivity index (χ3v) is 5.13. The Bertz CT molecular complexity index is 961. The molecular weight excluding hydrogens is 378 g/mol. The number of rotatable bonds is 6. The molecule has 0 saturated carbocycles. The number of hydrogen-bond donors (Lipinski definition) is 1. The van der Waals surface area contributed by atoms with Crippen LogP contribution in [0.2, 0.25) is 0 Å². The van der Waals surface area contributed by atoms with Crippen molar-refractivity contribution in [1.82, 2.24) is 19.9 Å². The van der Waals surface area contributed by atoms with Crippen LogP contribution in [0.3, 0.4) is 0 Å². The van der Waals surface area contributed by atoms with Crippen LogP contribution in [0.1, 0.15) is 30.7 Å². The van der Waals surface area contributed by atoms with Crippen molar-refractivity contribution in [3.8, 4) is 11.5 Å². The molecule has 0 spiro atoms. The Hall–Kier alpha value is -3.32. The lowest BCUT2D eigenvalue weighted by atomic mass is 10.0. The lowest BCUT2D eigenvalue weighted by Crippen LogP contribution is -2.46. The summed E-state index contributed by atoms with van der Waals surface area (Å²) in [7, 11) is 0. The molecule has 1 saturated heterocycles. The van der Waals surface area contributed by atoms with Gasteiger partial charge >= 0.3 is 0 Å². The molecule has 7 heteroatoms. The van der Waals surface area contributed by atoms with Crippen LogP contribution in [0.15, 0.2) is 61.2 Å². The Morgan fingerprint density at radius 2 is 1.90 bits per heavy atom. The van der Waals surface area contributed by atoms with Crippen LogP contribution < -0.4 is 10.1 Å². The highest BCUT2D eigenvalue weighted by atomic mass is 16.5. The number of benzene rings is 1. The van der Waals surface area contributed by atoms with Gasteiger partial charge in [0.25, 0.3) is 0 Å². The number of aromatic nitrogens is 3. The third-order valence-electron chi connectivity index (χ3n) is 5.13. The fraction of sp³-hybridized carbons (Fsp3) is 0.304. The van der Waals surface area contributed by atoms with E-state index in [2.05, 4.69) is 25.2 Å². The maximum atomic E-state index is 13.0. The van der Waals surface area contributed by atoms with Crippen molar-refractivity contribution in [2.75, 3.05) is 11.9 Å². The Balaban J connectivity index is 1.38. The first-order valence-corrected chi connectivity index (χ1v) is 10.2. The number of likely N-dealkylation sites (tertiary alicyclic amines) is 1. The predicted molar refractivity (Wildman–Crippen MR) is 114 cm³/mol. The summed E-state index contributed by atoms with van der Waals surface area (Å²) in [5, 5.41) is 3.05. The number of amides is 1. The number of nitrogens with zero attached hydrogens (tertiary/aromatic N) is 4. The lowest BCUT2D eigenvalue weighted by Gasteiger charge is -2.34. The summed E-state index contributed by atoms with van der Waals surface area (Å²) < 4.78 is 5.75. The van der Waals surface area contributed by atoms with Gasteiger partial charge < -0.3 is 10.1 Å². The van der Waals surface area contributed by atoms with Crippen LogP contribution >= 0.6 is 0 Å². The van der Waals surface area contributed by atoms with Gasteiger partial charge in [0, 0.05) is 36.4 Å². The van der Waals surface area contributed by atoms with Crippen molar-refractivity contribution in [3.05, 3.63) is 72.6 Å². The molecule has 0 radical (unpaired) electrons. The molecule has 154 valence electrons. The van der Waals surface area contributed by atoms with E-state index >= 15 is 0 Å². The summed E-state index contributed by atoms with van der Waals surface area (Å²) in [4.78, 5) is 27.8. The smallest absolute Gasteiger partial charge is 0.241 e. The first kappa shape index (κ1) is 20.0. The molecule has 2 aromatic heterocycles. The van der Waals surface area contributed by atoms with Crippen molar-refractivity contribution in [2.45, 2.75) is 38.8 Å². The number of nitrogens with one attached hydrogen (secondary N) is 1. The minimum atomic E-state index is -0.161. The number of hydrogen-bond acceptors (Lipinski definition) is 6. The zero-order chi connectivity index (χ0) is 20.8. The van der Waals surface area contributed by atoms with Gasteiger partial charge in [-0.05, 0) is 62.7 Å². The third kappa shape index (κ3) is 5.18. The van der Waals surface area contributed by atoms with Gasteiger partial charge in [-0.15, -0.1) is 0 Å². The van der Waals surface area contributed by atoms with Crippen LogP contribution in [0.5, 0.6) is 11.5 Å². The van der Waals surface area contributed by atoms with Gasteiger partial charge in [-0.2, -0.15) is 0 Å². The van der Waals surface area contributed by atoms with E-state index in [0.29, 0.717) is 18.0 Å². The molecule has 1 N–H and O–H groups in total. The molecular formula is C23H25N5O2. The SMILES string of the molecule is Cc1ncc(CN2CCCCC2C(=O)Nc2ccc(Oc3cccnc3)cc2)cn1. The number of piperidine rings is 1. The Labute approximate surface area is 176 Å². The number of aryl methyl sites for hydroxylation is 1. The van der Waals surface area contributed by atoms with Crippen LogP contribution in [0.25, 0.3) is 0 Å². The van der Waals surface area contributed by atoms with Gasteiger partial charge in [0.2, 0.25) is 5.91 Å². The topological polar surface area (TPSA) is 80.2 Å². The molecule has 7 nitrogen and oxygen atoms in total.